The van der Waals surface area contributed by atoms with Crippen LogP contribution in [0.15, 0.2) is 0 Å². The molecule has 1 spiro atoms. The Morgan fingerprint density at radius 1 is 1.39 bits per heavy atom. The minimum absolute atomic E-state index is 0.197. The third kappa shape index (κ3) is 3.49. The van der Waals surface area contributed by atoms with E-state index < -0.39 is 0 Å². The first-order chi connectivity index (χ1) is 8.78. The fraction of sp³-hybridized carbons (Fsp3) is 0.875. The zero-order chi connectivity index (χ0) is 12.8. The van der Waals surface area contributed by atoms with E-state index in [0.717, 1.165) is 25.9 Å². The Kier molecular flexibility index (Phi) is 5.09. The summed E-state index contributed by atoms with van der Waals surface area (Å²) in [4.78, 5) is 0. The Hall–Kier alpha value is -0.520. The molecule has 0 aromatic carbocycles. The van der Waals surface area contributed by atoms with Crippen molar-refractivity contribution in [2.45, 2.75) is 82.4 Å². The molecule has 0 aromatic heterocycles. The van der Waals surface area contributed by atoms with Gasteiger partial charge in [0.25, 0.3) is 0 Å². The number of hydrogen-bond donors (Lipinski definition) is 1. The van der Waals surface area contributed by atoms with Crippen LogP contribution in [0, 0.1) is 12.3 Å². The van der Waals surface area contributed by atoms with Gasteiger partial charge in [0.05, 0.1) is 5.60 Å². The lowest BCUT2D eigenvalue weighted by Gasteiger charge is -2.44. The Balaban J connectivity index is 1.88. The van der Waals surface area contributed by atoms with Gasteiger partial charge in [0.1, 0.15) is 0 Å². The summed E-state index contributed by atoms with van der Waals surface area (Å²) in [5.41, 5.74) is 0.197. The molecule has 2 atom stereocenters. The molecule has 2 heteroatoms. The fourth-order valence-electron chi connectivity index (χ4n) is 3.51. The molecule has 2 aliphatic rings. The van der Waals surface area contributed by atoms with Gasteiger partial charge in [-0.05, 0) is 32.1 Å². The Labute approximate surface area is 112 Å². The average Bonchev–Trinajstić information content (AvgIpc) is 2.39. The molecule has 0 amide bonds. The quantitative estimate of drug-likeness (QED) is 0.772. The Morgan fingerprint density at radius 3 is 2.83 bits per heavy atom. The highest BCUT2D eigenvalue weighted by Gasteiger charge is 2.38. The smallest absolute Gasteiger partial charge is 0.0697 e. The number of rotatable bonds is 4. The average molecular weight is 249 g/mol. The van der Waals surface area contributed by atoms with Crippen molar-refractivity contribution in [3.05, 3.63) is 0 Å². The molecular weight excluding hydrogens is 222 g/mol. The van der Waals surface area contributed by atoms with Crippen LogP contribution < -0.4 is 5.32 Å². The second-order valence-electron chi connectivity index (χ2n) is 5.96. The molecule has 18 heavy (non-hydrogen) atoms. The first-order valence-electron chi connectivity index (χ1n) is 7.61. The van der Waals surface area contributed by atoms with E-state index in [4.69, 9.17) is 11.2 Å². The molecule has 0 aromatic rings. The summed E-state index contributed by atoms with van der Waals surface area (Å²) in [6.07, 6.45) is 16.3. The van der Waals surface area contributed by atoms with Crippen molar-refractivity contribution >= 4 is 0 Å². The van der Waals surface area contributed by atoms with E-state index in [1.165, 1.54) is 38.5 Å². The molecule has 1 saturated heterocycles. The standard InChI is InChI=1S/C16H27NO/c1-3-8-14(4-2)17-15-9-12-18-16(13-15)10-6-5-7-11-16/h1,14-15,17H,4-13H2,2H3. The molecular formula is C16H27NO. The summed E-state index contributed by atoms with van der Waals surface area (Å²) in [6, 6.07) is 1.09. The van der Waals surface area contributed by atoms with Gasteiger partial charge >= 0.3 is 0 Å². The van der Waals surface area contributed by atoms with Crippen LogP contribution in [-0.2, 0) is 4.74 Å². The van der Waals surface area contributed by atoms with Gasteiger partial charge in [-0.15, -0.1) is 12.3 Å². The highest BCUT2D eigenvalue weighted by atomic mass is 16.5. The van der Waals surface area contributed by atoms with Gasteiger partial charge in [-0.25, -0.2) is 0 Å². The van der Waals surface area contributed by atoms with Crippen LogP contribution in [0.5, 0.6) is 0 Å². The largest absolute Gasteiger partial charge is 0.375 e. The van der Waals surface area contributed by atoms with Crippen LogP contribution in [0.2, 0.25) is 0 Å². The maximum Gasteiger partial charge on any atom is 0.0697 e. The van der Waals surface area contributed by atoms with E-state index in [-0.39, 0.29) is 5.60 Å². The fourth-order valence-corrected chi connectivity index (χ4v) is 3.51. The highest BCUT2D eigenvalue weighted by Crippen LogP contribution is 2.38. The maximum absolute atomic E-state index is 6.13. The van der Waals surface area contributed by atoms with Crippen molar-refractivity contribution in [2.75, 3.05) is 6.61 Å². The van der Waals surface area contributed by atoms with Gasteiger partial charge in [0.15, 0.2) is 0 Å². The van der Waals surface area contributed by atoms with E-state index >= 15 is 0 Å². The third-order valence-electron chi connectivity index (χ3n) is 4.59. The van der Waals surface area contributed by atoms with Crippen LogP contribution in [-0.4, -0.2) is 24.3 Å². The zero-order valence-electron chi connectivity index (χ0n) is 11.7. The summed E-state index contributed by atoms with van der Waals surface area (Å²) in [5.74, 6) is 2.79. The van der Waals surface area contributed by atoms with Crippen molar-refractivity contribution < 1.29 is 4.74 Å². The molecule has 1 aliphatic heterocycles. The van der Waals surface area contributed by atoms with E-state index in [1.807, 2.05) is 0 Å². The summed E-state index contributed by atoms with van der Waals surface area (Å²) in [7, 11) is 0. The van der Waals surface area contributed by atoms with Crippen LogP contribution in [0.4, 0.5) is 0 Å². The monoisotopic (exact) mass is 249 g/mol. The van der Waals surface area contributed by atoms with Crippen molar-refractivity contribution in [1.29, 1.82) is 0 Å². The van der Waals surface area contributed by atoms with Crippen LogP contribution in [0.25, 0.3) is 0 Å². The molecule has 1 aliphatic carbocycles. The van der Waals surface area contributed by atoms with Crippen LogP contribution in [0.3, 0.4) is 0 Å². The number of ether oxygens (including phenoxy) is 1. The molecule has 1 N–H and O–H groups in total. The molecule has 0 radical (unpaired) electrons. The van der Waals surface area contributed by atoms with Gasteiger partial charge in [-0.1, -0.05) is 26.2 Å². The van der Waals surface area contributed by atoms with Crippen molar-refractivity contribution in [3.63, 3.8) is 0 Å². The number of nitrogens with one attached hydrogen (secondary N) is 1. The second kappa shape index (κ2) is 6.59. The number of terminal acetylenes is 1. The summed E-state index contributed by atoms with van der Waals surface area (Å²) >= 11 is 0. The normalized spacial score (nSPS) is 28.8. The predicted octanol–water partition coefficient (Wildman–Crippen LogP) is 3.26. The zero-order valence-corrected chi connectivity index (χ0v) is 11.7. The van der Waals surface area contributed by atoms with Crippen molar-refractivity contribution in [1.82, 2.24) is 5.32 Å². The maximum atomic E-state index is 6.13. The summed E-state index contributed by atoms with van der Waals surface area (Å²) in [6.45, 7) is 3.13. The summed E-state index contributed by atoms with van der Waals surface area (Å²) < 4.78 is 6.13. The molecule has 1 saturated carbocycles. The van der Waals surface area contributed by atoms with E-state index in [0.29, 0.717) is 12.1 Å². The lowest BCUT2D eigenvalue weighted by Crippen LogP contribution is -2.50. The van der Waals surface area contributed by atoms with Crippen LogP contribution in [0.1, 0.15) is 64.7 Å². The van der Waals surface area contributed by atoms with Crippen LogP contribution >= 0.6 is 0 Å². The van der Waals surface area contributed by atoms with E-state index in [1.54, 1.807) is 0 Å². The highest BCUT2D eigenvalue weighted by molar-refractivity contribution is 4.95. The van der Waals surface area contributed by atoms with Gasteiger partial charge in [-0.3, -0.25) is 0 Å². The lowest BCUT2D eigenvalue weighted by atomic mass is 9.78. The molecule has 2 nitrogen and oxygen atoms in total. The van der Waals surface area contributed by atoms with Crippen molar-refractivity contribution in [3.8, 4) is 12.3 Å². The molecule has 102 valence electrons. The molecule has 2 fully saturated rings. The van der Waals surface area contributed by atoms with Gasteiger partial charge in [0, 0.05) is 25.1 Å². The van der Waals surface area contributed by atoms with E-state index in [9.17, 15) is 0 Å². The predicted molar refractivity (Wildman–Crippen MR) is 75.5 cm³/mol. The van der Waals surface area contributed by atoms with Gasteiger partial charge in [0.2, 0.25) is 0 Å². The minimum atomic E-state index is 0.197. The topological polar surface area (TPSA) is 21.3 Å². The Bertz CT molecular complexity index is 282. The molecule has 1 heterocycles. The molecule has 0 bridgehead atoms. The first kappa shape index (κ1) is 13.9. The number of hydrogen-bond acceptors (Lipinski definition) is 2. The third-order valence-corrected chi connectivity index (χ3v) is 4.59. The molecule has 2 rings (SSSR count). The molecule has 2 unspecified atom stereocenters. The van der Waals surface area contributed by atoms with E-state index in [2.05, 4.69) is 18.2 Å². The van der Waals surface area contributed by atoms with Crippen molar-refractivity contribution in [2.24, 2.45) is 0 Å². The second-order valence-corrected chi connectivity index (χ2v) is 5.96. The van der Waals surface area contributed by atoms with Gasteiger partial charge < -0.3 is 10.1 Å². The first-order valence-corrected chi connectivity index (χ1v) is 7.61. The minimum Gasteiger partial charge on any atom is -0.375 e. The van der Waals surface area contributed by atoms with Gasteiger partial charge in [-0.2, -0.15) is 0 Å². The summed E-state index contributed by atoms with van der Waals surface area (Å²) in [5, 5.41) is 3.76. The lowest BCUT2D eigenvalue weighted by molar-refractivity contribution is -0.110. The Morgan fingerprint density at radius 2 is 2.17 bits per heavy atom. The SMILES string of the molecule is C#CCC(CC)NC1CCOC2(CCCCC2)C1.